The first kappa shape index (κ1) is 30.5. The molecule has 206 valence electrons. The van der Waals surface area contributed by atoms with E-state index in [-0.39, 0.29) is 29.9 Å². The average molecular weight is 544 g/mol. The van der Waals surface area contributed by atoms with Gasteiger partial charge in [-0.15, -0.1) is 0 Å². The molecule has 0 heterocycles. The Bertz CT molecular complexity index is 1130. The van der Waals surface area contributed by atoms with E-state index < -0.39 is 26.8 Å². The molecular formula is C27H36F3NO5S. The van der Waals surface area contributed by atoms with E-state index in [2.05, 4.69) is 6.92 Å². The van der Waals surface area contributed by atoms with Gasteiger partial charge in [-0.05, 0) is 48.2 Å². The Labute approximate surface area is 217 Å². The van der Waals surface area contributed by atoms with Crippen molar-refractivity contribution in [3.05, 3.63) is 53.6 Å². The second kappa shape index (κ2) is 13.7. The summed E-state index contributed by atoms with van der Waals surface area (Å²) in [7, 11) is -3.26. The summed E-state index contributed by atoms with van der Waals surface area (Å²) in [6, 6.07) is 7.99. The lowest BCUT2D eigenvalue weighted by molar-refractivity contribution is -0.137. The smallest absolute Gasteiger partial charge is 0.416 e. The number of hydrogen-bond donors (Lipinski definition) is 0. The number of carbonyl (C=O) groups is 1. The van der Waals surface area contributed by atoms with Gasteiger partial charge in [0.25, 0.3) is 0 Å². The molecule has 0 fully saturated rings. The number of benzene rings is 2. The Balaban J connectivity index is 2.25. The van der Waals surface area contributed by atoms with Gasteiger partial charge in [0.2, 0.25) is 5.91 Å². The number of ether oxygens (including phenoxy) is 1. The SMILES string of the molecule is CCCCCCCC(=O)N(Cc1ccc(OC)c(OS(=O)(=O)c2cccc(C(F)(F)F)c2)c1)CC(C)C. The van der Waals surface area contributed by atoms with Crippen molar-refractivity contribution in [1.29, 1.82) is 0 Å². The van der Waals surface area contributed by atoms with E-state index >= 15 is 0 Å². The highest BCUT2D eigenvalue weighted by Gasteiger charge is 2.32. The molecule has 0 aliphatic heterocycles. The number of carbonyl (C=O) groups excluding carboxylic acids is 1. The van der Waals surface area contributed by atoms with Crippen molar-refractivity contribution in [2.45, 2.75) is 76.9 Å². The number of methoxy groups -OCH3 is 1. The summed E-state index contributed by atoms with van der Waals surface area (Å²) >= 11 is 0. The second-order valence-corrected chi connectivity index (χ2v) is 10.9. The van der Waals surface area contributed by atoms with E-state index in [4.69, 9.17) is 8.92 Å². The maximum Gasteiger partial charge on any atom is 0.416 e. The maximum atomic E-state index is 13.1. The van der Waals surface area contributed by atoms with E-state index in [9.17, 15) is 26.4 Å². The minimum absolute atomic E-state index is 0.0140. The molecule has 10 heteroatoms. The first-order valence-electron chi connectivity index (χ1n) is 12.4. The van der Waals surface area contributed by atoms with Crippen LogP contribution in [0.3, 0.4) is 0 Å². The lowest BCUT2D eigenvalue weighted by Gasteiger charge is -2.25. The number of halogens is 3. The number of rotatable bonds is 14. The van der Waals surface area contributed by atoms with Gasteiger partial charge in [-0.1, -0.05) is 58.6 Å². The van der Waals surface area contributed by atoms with Crippen molar-refractivity contribution in [1.82, 2.24) is 4.90 Å². The molecule has 0 aromatic heterocycles. The fourth-order valence-corrected chi connectivity index (χ4v) is 4.81. The predicted octanol–water partition coefficient (Wildman–Crippen LogP) is 6.83. The zero-order valence-electron chi connectivity index (χ0n) is 21.8. The lowest BCUT2D eigenvalue weighted by atomic mass is 10.1. The van der Waals surface area contributed by atoms with Gasteiger partial charge in [0.1, 0.15) is 4.90 Å². The fraction of sp³-hybridized carbons (Fsp3) is 0.519. The molecule has 2 aromatic rings. The number of amides is 1. The van der Waals surface area contributed by atoms with Crippen LogP contribution in [0.2, 0.25) is 0 Å². The van der Waals surface area contributed by atoms with Crippen LogP contribution < -0.4 is 8.92 Å². The summed E-state index contributed by atoms with van der Waals surface area (Å²) < 4.78 is 75.3. The summed E-state index contributed by atoms with van der Waals surface area (Å²) in [6.07, 6.45) is 0.877. The largest absolute Gasteiger partial charge is 0.493 e. The Morgan fingerprint density at radius 1 is 1.00 bits per heavy atom. The first-order valence-corrected chi connectivity index (χ1v) is 13.8. The summed E-state index contributed by atoms with van der Waals surface area (Å²) in [5.41, 5.74) is -0.495. The van der Waals surface area contributed by atoms with Crippen molar-refractivity contribution in [3.8, 4) is 11.5 Å². The molecule has 2 aromatic carbocycles. The standard InChI is InChI=1S/C27H36F3NO5S/c1-5-6-7-8-9-13-26(32)31(18-20(2)3)19-21-14-15-24(35-4)25(16-21)36-37(33,34)23-12-10-11-22(17-23)27(28,29)30/h10-12,14-17,20H,5-9,13,18-19H2,1-4H3. The van der Waals surface area contributed by atoms with Gasteiger partial charge in [0.05, 0.1) is 12.7 Å². The molecule has 0 saturated heterocycles. The molecule has 0 atom stereocenters. The lowest BCUT2D eigenvalue weighted by Crippen LogP contribution is -2.33. The Morgan fingerprint density at radius 2 is 1.70 bits per heavy atom. The molecule has 0 saturated carbocycles. The van der Waals surface area contributed by atoms with Crippen LogP contribution in [0.5, 0.6) is 11.5 Å². The summed E-state index contributed by atoms with van der Waals surface area (Å²) in [6.45, 7) is 6.90. The minimum Gasteiger partial charge on any atom is -0.493 e. The first-order chi connectivity index (χ1) is 17.4. The predicted molar refractivity (Wildman–Crippen MR) is 136 cm³/mol. The highest BCUT2D eigenvalue weighted by atomic mass is 32.2. The molecule has 2 rings (SSSR count). The van der Waals surface area contributed by atoms with Crippen LogP contribution in [0, 0.1) is 5.92 Å². The third-order valence-electron chi connectivity index (χ3n) is 5.68. The van der Waals surface area contributed by atoms with E-state index in [1.807, 2.05) is 13.8 Å². The van der Waals surface area contributed by atoms with Gasteiger partial charge in [0.15, 0.2) is 11.5 Å². The van der Waals surface area contributed by atoms with Crippen LogP contribution in [0.15, 0.2) is 47.4 Å². The molecule has 0 spiro atoms. The molecule has 37 heavy (non-hydrogen) atoms. The molecule has 6 nitrogen and oxygen atoms in total. The van der Waals surface area contributed by atoms with Gasteiger partial charge in [-0.3, -0.25) is 4.79 Å². The summed E-state index contributed by atoms with van der Waals surface area (Å²) in [5, 5.41) is 0. The van der Waals surface area contributed by atoms with Gasteiger partial charge in [-0.25, -0.2) is 0 Å². The number of alkyl halides is 3. The zero-order valence-corrected chi connectivity index (χ0v) is 22.6. The van der Waals surface area contributed by atoms with Crippen molar-refractivity contribution in [2.75, 3.05) is 13.7 Å². The molecule has 0 N–H and O–H groups in total. The molecule has 0 unspecified atom stereocenters. The van der Waals surface area contributed by atoms with E-state index in [1.54, 1.807) is 11.0 Å². The van der Waals surface area contributed by atoms with Crippen LogP contribution in [0.4, 0.5) is 13.2 Å². The zero-order chi connectivity index (χ0) is 27.6. The highest BCUT2D eigenvalue weighted by molar-refractivity contribution is 7.87. The quantitative estimate of drug-likeness (QED) is 0.193. The molecule has 0 bridgehead atoms. The highest BCUT2D eigenvalue weighted by Crippen LogP contribution is 2.34. The van der Waals surface area contributed by atoms with Crippen LogP contribution >= 0.6 is 0 Å². The van der Waals surface area contributed by atoms with Crippen LogP contribution in [0.1, 0.15) is 70.4 Å². The van der Waals surface area contributed by atoms with E-state index in [0.29, 0.717) is 24.6 Å². The van der Waals surface area contributed by atoms with E-state index in [1.165, 1.54) is 19.2 Å². The number of unbranched alkanes of at least 4 members (excludes halogenated alkanes) is 4. The Kier molecular flexibility index (Phi) is 11.3. The topological polar surface area (TPSA) is 72.9 Å². The molecule has 1 amide bonds. The third-order valence-corrected chi connectivity index (χ3v) is 6.91. The summed E-state index contributed by atoms with van der Waals surface area (Å²) in [5.74, 6) is 0.158. The number of nitrogens with zero attached hydrogens (tertiary/aromatic N) is 1. The molecule has 0 radical (unpaired) electrons. The second-order valence-electron chi connectivity index (χ2n) is 9.38. The minimum atomic E-state index is -4.70. The Hall–Kier alpha value is -2.75. The fourth-order valence-electron chi connectivity index (χ4n) is 3.83. The molecule has 0 aliphatic carbocycles. The van der Waals surface area contributed by atoms with Crippen molar-refractivity contribution >= 4 is 16.0 Å². The van der Waals surface area contributed by atoms with Crippen LogP contribution in [-0.2, 0) is 27.6 Å². The van der Waals surface area contributed by atoms with Crippen molar-refractivity contribution in [3.63, 3.8) is 0 Å². The Morgan fingerprint density at radius 3 is 2.32 bits per heavy atom. The van der Waals surface area contributed by atoms with Crippen LogP contribution in [0.25, 0.3) is 0 Å². The normalized spacial score (nSPS) is 12.0. The van der Waals surface area contributed by atoms with Crippen LogP contribution in [-0.4, -0.2) is 32.9 Å². The van der Waals surface area contributed by atoms with Gasteiger partial charge in [-0.2, -0.15) is 21.6 Å². The van der Waals surface area contributed by atoms with E-state index in [0.717, 1.165) is 50.3 Å². The third kappa shape index (κ3) is 9.57. The van der Waals surface area contributed by atoms with Gasteiger partial charge >= 0.3 is 16.3 Å². The van der Waals surface area contributed by atoms with Crippen molar-refractivity contribution in [2.24, 2.45) is 5.92 Å². The van der Waals surface area contributed by atoms with Crippen molar-refractivity contribution < 1.29 is 35.3 Å². The monoisotopic (exact) mass is 543 g/mol. The van der Waals surface area contributed by atoms with Gasteiger partial charge in [0, 0.05) is 19.5 Å². The molecular weight excluding hydrogens is 507 g/mol. The maximum absolute atomic E-state index is 13.1. The van der Waals surface area contributed by atoms with Gasteiger partial charge < -0.3 is 13.8 Å². The number of hydrogen-bond acceptors (Lipinski definition) is 5. The average Bonchev–Trinajstić information content (AvgIpc) is 2.82. The molecule has 0 aliphatic rings. The summed E-state index contributed by atoms with van der Waals surface area (Å²) in [4.78, 5) is 14.0.